The van der Waals surface area contributed by atoms with Crippen LogP contribution in [0.3, 0.4) is 0 Å². The Bertz CT molecular complexity index is 558. The molecule has 0 aliphatic heterocycles. The maximum atomic E-state index is 5.62. The molecule has 2 nitrogen and oxygen atoms in total. The first-order valence-corrected chi connectivity index (χ1v) is 7.11. The maximum absolute atomic E-state index is 5.62. The van der Waals surface area contributed by atoms with E-state index in [1.54, 1.807) is 0 Å². The number of hydrogen-bond acceptors (Lipinski definition) is 2. The van der Waals surface area contributed by atoms with Gasteiger partial charge in [0.25, 0.3) is 0 Å². The van der Waals surface area contributed by atoms with Gasteiger partial charge >= 0.3 is 0 Å². The van der Waals surface area contributed by atoms with Crippen LogP contribution in [0.5, 0.6) is 0 Å². The number of aryl methyl sites for hydroxylation is 2. The lowest BCUT2D eigenvalue weighted by Crippen LogP contribution is -2.18. The zero-order valence-corrected chi connectivity index (χ0v) is 12.7. The molecule has 0 unspecified atom stereocenters. The van der Waals surface area contributed by atoms with Crippen LogP contribution in [0.25, 0.3) is 0 Å². The monoisotopic (exact) mass is 268 g/mol. The van der Waals surface area contributed by atoms with Gasteiger partial charge in [-0.05, 0) is 43.1 Å². The van der Waals surface area contributed by atoms with Crippen molar-refractivity contribution in [3.63, 3.8) is 0 Å². The molecule has 0 saturated heterocycles. The van der Waals surface area contributed by atoms with E-state index < -0.39 is 0 Å². The van der Waals surface area contributed by atoms with Crippen LogP contribution in [0.2, 0.25) is 0 Å². The predicted molar refractivity (Wildman–Crippen MR) is 85.4 cm³/mol. The van der Waals surface area contributed by atoms with Crippen LogP contribution in [0.4, 0.5) is 0 Å². The molecular formula is C18H24N2. The fourth-order valence-electron chi connectivity index (χ4n) is 2.41. The predicted octanol–water partition coefficient (Wildman–Crippen LogP) is 3.39. The molecule has 0 fully saturated rings. The lowest BCUT2D eigenvalue weighted by molar-refractivity contribution is 0.318. The summed E-state index contributed by atoms with van der Waals surface area (Å²) in [5, 5.41) is 0. The number of rotatable bonds is 5. The lowest BCUT2D eigenvalue weighted by atomic mass is 10.0. The second-order valence-electron chi connectivity index (χ2n) is 5.62. The molecule has 2 aromatic rings. The highest BCUT2D eigenvalue weighted by atomic mass is 15.1. The van der Waals surface area contributed by atoms with Gasteiger partial charge in [0.05, 0.1) is 0 Å². The third-order valence-corrected chi connectivity index (χ3v) is 3.66. The van der Waals surface area contributed by atoms with Gasteiger partial charge in [-0.3, -0.25) is 4.90 Å². The van der Waals surface area contributed by atoms with Gasteiger partial charge in [-0.15, -0.1) is 0 Å². The third kappa shape index (κ3) is 3.92. The minimum Gasteiger partial charge on any atom is -0.326 e. The van der Waals surface area contributed by atoms with E-state index in [1.807, 2.05) is 0 Å². The van der Waals surface area contributed by atoms with E-state index in [0.29, 0.717) is 6.54 Å². The van der Waals surface area contributed by atoms with Crippen molar-refractivity contribution in [2.45, 2.75) is 33.5 Å². The molecule has 2 rings (SSSR count). The van der Waals surface area contributed by atoms with Crippen molar-refractivity contribution in [2.75, 3.05) is 7.05 Å². The van der Waals surface area contributed by atoms with Gasteiger partial charge in [-0.1, -0.05) is 48.0 Å². The first-order valence-electron chi connectivity index (χ1n) is 7.11. The summed E-state index contributed by atoms with van der Waals surface area (Å²) >= 11 is 0. The highest BCUT2D eigenvalue weighted by molar-refractivity contribution is 5.30. The van der Waals surface area contributed by atoms with Gasteiger partial charge in [-0.2, -0.15) is 0 Å². The summed E-state index contributed by atoms with van der Waals surface area (Å²) in [5.41, 5.74) is 12.2. The van der Waals surface area contributed by atoms with E-state index in [2.05, 4.69) is 68.3 Å². The van der Waals surface area contributed by atoms with Crippen molar-refractivity contribution in [3.05, 3.63) is 70.3 Å². The Morgan fingerprint density at radius 2 is 1.55 bits per heavy atom. The van der Waals surface area contributed by atoms with Crippen molar-refractivity contribution in [1.82, 2.24) is 4.90 Å². The van der Waals surface area contributed by atoms with Crippen molar-refractivity contribution in [2.24, 2.45) is 5.73 Å². The van der Waals surface area contributed by atoms with E-state index in [9.17, 15) is 0 Å². The molecule has 0 spiro atoms. The number of hydrogen-bond donors (Lipinski definition) is 1. The minimum absolute atomic E-state index is 0.610. The smallest absolute Gasteiger partial charge is 0.0236 e. The first kappa shape index (κ1) is 14.8. The summed E-state index contributed by atoms with van der Waals surface area (Å²) in [5.74, 6) is 0. The SMILES string of the molecule is Cc1ccc(C)c(CN(C)Cc2ccc(CN)cc2)c1. The molecule has 2 N–H and O–H groups in total. The summed E-state index contributed by atoms with van der Waals surface area (Å²) in [6.45, 7) is 6.87. The van der Waals surface area contributed by atoms with Crippen LogP contribution in [0, 0.1) is 13.8 Å². The Morgan fingerprint density at radius 3 is 2.20 bits per heavy atom. The Morgan fingerprint density at radius 1 is 0.900 bits per heavy atom. The van der Waals surface area contributed by atoms with E-state index in [0.717, 1.165) is 13.1 Å². The highest BCUT2D eigenvalue weighted by Gasteiger charge is 2.05. The molecule has 20 heavy (non-hydrogen) atoms. The molecule has 0 bridgehead atoms. The number of benzene rings is 2. The molecule has 0 heterocycles. The van der Waals surface area contributed by atoms with Gasteiger partial charge in [0.1, 0.15) is 0 Å². The van der Waals surface area contributed by atoms with Crippen LogP contribution in [0.1, 0.15) is 27.8 Å². The molecular weight excluding hydrogens is 244 g/mol. The zero-order chi connectivity index (χ0) is 14.5. The standard InChI is InChI=1S/C18H24N2/c1-14-4-5-15(2)18(10-14)13-20(3)12-17-8-6-16(11-19)7-9-17/h4-10H,11-13,19H2,1-3H3. The molecule has 0 radical (unpaired) electrons. The van der Waals surface area contributed by atoms with E-state index in [-0.39, 0.29) is 0 Å². The van der Waals surface area contributed by atoms with Crippen LogP contribution < -0.4 is 5.73 Å². The van der Waals surface area contributed by atoms with Gasteiger partial charge in [0.15, 0.2) is 0 Å². The van der Waals surface area contributed by atoms with Gasteiger partial charge in [0.2, 0.25) is 0 Å². The minimum atomic E-state index is 0.610. The molecule has 106 valence electrons. The quantitative estimate of drug-likeness (QED) is 0.900. The Kier molecular flexibility index (Phi) is 4.94. The van der Waals surface area contributed by atoms with E-state index >= 15 is 0 Å². The van der Waals surface area contributed by atoms with Crippen LogP contribution in [0.15, 0.2) is 42.5 Å². The van der Waals surface area contributed by atoms with Crippen molar-refractivity contribution >= 4 is 0 Å². The molecule has 2 heteroatoms. The van der Waals surface area contributed by atoms with Gasteiger partial charge < -0.3 is 5.73 Å². The first-order chi connectivity index (χ1) is 9.58. The molecule has 0 aliphatic carbocycles. The molecule has 2 aromatic carbocycles. The fraction of sp³-hybridized carbons (Fsp3) is 0.333. The summed E-state index contributed by atoms with van der Waals surface area (Å²) in [4.78, 5) is 2.35. The third-order valence-electron chi connectivity index (χ3n) is 3.66. The van der Waals surface area contributed by atoms with E-state index in [1.165, 1.54) is 27.8 Å². The zero-order valence-electron chi connectivity index (χ0n) is 12.7. The van der Waals surface area contributed by atoms with Crippen LogP contribution >= 0.6 is 0 Å². The van der Waals surface area contributed by atoms with Crippen molar-refractivity contribution < 1.29 is 0 Å². The molecule has 0 aromatic heterocycles. The van der Waals surface area contributed by atoms with Gasteiger partial charge in [-0.25, -0.2) is 0 Å². The Labute approximate surface area is 122 Å². The summed E-state index contributed by atoms with van der Waals surface area (Å²) in [6, 6.07) is 15.2. The summed E-state index contributed by atoms with van der Waals surface area (Å²) in [7, 11) is 2.17. The maximum Gasteiger partial charge on any atom is 0.0236 e. The Balaban J connectivity index is 2.00. The number of nitrogens with two attached hydrogens (primary N) is 1. The second-order valence-corrected chi connectivity index (χ2v) is 5.62. The molecule has 0 atom stereocenters. The normalized spacial score (nSPS) is 11.1. The average Bonchev–Trinajstić information content (AvgIpc) is 2.43. The van der Waals surface area contributed by atoms with Gasteiger partial charge in [0, 0.05) is 19.6 Å². The largest absolute Gasteiger partial charge is 0.326 e. The second kappa shape index (κ2) is 6.69. The van der Waals surface area contributed by atoms with E-state index in [4.69, 9.17) is 5.73 Å². The average molecular weight is 268 g/mol. The topological polar surface area (TPSA) is 29.3 Å². The molecule has 0 aliphatic rings. The fourth-order valence-corrected chi connectivity index (χ4v) is 2.41. The summed E-state index contributed by atoms with van der Waals surface area (Å²) in [6.07, 6.45) is 0. The highest BCUT2D eigenvalue weighted by Crippen LogP contribution is 2.14. The van der Waals surface area contributed by atoms with Crippen LogP contribution in [-0.4, -0.2) is 11.9 Å². The molecule has 0 amide bonds. The Hall–Kier alpha value is -1.64. The number of nitrogens with zero attached hydrogens (tertiary/aromatic N) is 1. The van der Waals surface area contributed by atoms with Crippen molar-refractivity contribution in [1.29, 1.82) is 0 Å². The van der Waals surface area contributed by atoms with Crippen LogP contribution in [-0.2, 0) is 19.6 Å². The van der Waals surface area contributed by atoms with Crippen molar-refractivity contribution in [3.8, 4) is 0 Å². The molecule has 0 saturated carbocycles. The summed E-state index contributed by atoms with van der Waals surface area (Å²) < 4.78 is 0. The lowest BCUT2D eigenvalue weighted by Gasteiger charge is -2.18.